The molecule has 1 saturated carbocycles. The summed E-state index contributed by atoms with van der Waals surface area (Å²) in [6.07, 6.45) is 4.82. The molecule has 1 heterocycles. The lowest BCUT2D eigenvalue weighted by Gasteiger charge is -2.28. The van der Waals surface area contributed by atoms with Crippen molar-refractivity contribution in [3.05, 3.63) is 24.3 Å². The van der Waals surface area contributed by atoms with Crippen LogP contribution in [-0.2, 0) is 14.8 Å². The van der Waals surface area contributed by atoms with E-state index in [1.807, 2.05) is 26.0 Å². The highest BCUT2D eigenvalue weighted by Crippen LogP contribution is 2.50. The molecule has 162 valence electrons. The van der Waals surface area contributed by atoms with Crippen molar-refractivity contribution in [2.75, 3.05) is 35.0 Å². The molecule has 2 fully saturated rings. The number of aliphatic hydroxyl groups is 1. The predicted octanol–water partition coefficient (Wildman–Crippen LogP) is 2.33. The molecule has 1 aliphatic heterocycles. The van der Waals surface area contributed by atoms with Gasteiger partial charge in [0.25, 0.3) is 0 Å². The largest absolute Gasteiger partial charge is 0.392 e. The average molecular weight is 424 g/mol. The number of carbonyl (C=O) groups excluding carboxylic acids is 1. The molecule has 1 atom stereocenters. The van der Waals surface area contributed by atoms with Crippen LogP contribution in [0.25, 0.3) is 0 Å². The van der Waals surface area contributed by atoms with Crippen LogP contribution in [0.3, 0.4) is 0 Å². The van der Waals surface area contributed by atoms with Crippen LogP contribution in [0.15, 0.2) is 24.3 Å². The van der Waals surface area contributed by atoms with E-state index in [9.17, 15) is 18.3 Å². The number of hydrogen-bond acceptors (Lipinski definition) is 5. The fraction of sp³-hybridized carbons (Fsp3) is 0.667. The third-order valence-corrected chi connectivity index (χ3v) is 7.16. The van der Waals surface area contributed by atoms with Gasteiger partial charge in [-0.1, -0.05) is 13.8 Å². The Hall–Kier alpha value is -1.80. The third kappa shape index (κ3) is 5.85. The molecule has 3 N–H and O–H groups in total. The Kier molecular flexibility index (Phi) is 6.73. The summed E-state index contributed by atoms with van der Waals surface area (Å²) >= 11 is 0. The number of sulfonamides is 1. The van der Waals surface area contributed by atoms with E-state index in [-0.39, 0.29) is 11.3 Å². The Morgan fingerprint density at radius 2 is 1.76 bits per heavy atom. The zero-order chi connectivity index (χ0) is 21.1. The zero-order valence-corrected chi connectivity index (χ0v) is 18.2. The topological polar surface area (TPSA) is 98.7 Å². The number of aliphatic hydroxyl groups excluding tert-OH is 1. The molecule has 7 nitrogen and oxygen atoms in total. The van der Waals surface area contributed by atoms with Crippen molar-refractivity contribution >= 4 is 27.3 Å². The van der Waals surface area contributed by atoms with E-state index in [2.05, 4.69) is 14.9 Å². The maximum absolute atomic E-state index is 12.3. The Balaban J connectivity index is 1.50. The SMILES string of the molecule is CC(C)[C@@H](O)C1(CNC(=O)CS(=O)(=O)Nc2ccc(N3CCCCC3)cc2)CC1. The second-order valence-electron chi connectivity index (χ2n) is 8.78. The van der Waals surface area contributed by atoms with E-state index < -0.39 is 27.8 Å². The van der Waals surface area contributed by atoms with Gasteiger partial charge in [0.15, 0.2) is 0 Å². The van der Waals surface area contributed by atoms with Crippen molar-refractivity contribution in [3.63, 3.8) is 0 Å². The second kappa shape index (κ2) is 8.92. The van der Waals surface area contributed by atoms with E-state index in [0.717, 1.165) is 31.6 Å². The van der Waals surface area contributed by atoms with E-state index in [0.29, 0.717) is 12.2 Å². The Morgan fingerprint density at radius 1 is 1.14 bits per heavy atom. The van der Waals surface area contributed by atoms with Crippen molar-refractivity contribution in [3.8, 4) is 0 Å². The molecule has 1 aliphatic carbocycles. The lowest BCUT2D eigenvalue weighted by Crippen LogP contribution is -2.41. The van der Waals surface area contributed by atoms with Crippen molar-refractivity contribution in [1.29, 1.82) is 0 Å². The van der Waals surface area contributed by atoms with E-state index >= 15 is 0 Å². The van der Waals surface area contributed by atoms with E-state index in [1.165, 1.54) is 19.3 Å². The number of nitrogens with one attached hydrogen (secondary N) is 2. The highest BCUT2D eigenvalue weighted by molar-refractivity contribution is 7.93. The van der Waals surface area contributed by atoms with Gasteiger partial charge >= 0.3 is 0 Å². The number of nitrogens with zero attached hydrogens (tertiary/aromatic N) is 1. The number of carbonyl (C=O) groups is 1. The molecule has 0 aromatic heterocycles. The molecule has 1 amide bonds. The van der Waals surface area contributed by atoms with Crippen LogP contribution < -0.4 is 14.9 Å². The first-order valence-corrected chi connectivity index (χ1v) is 12.2. The molecule has 1 aromatic rings. The fourth-order valence-electron chi connectivity index (χ4n) is 4.05. The minimum absolute atomic E-state index is 0.104. The first-order chi connectivity index (χ1) is 13.7. The van der Waals surface area contributed by atoms with E-state index in [1.54, 1.807) is 12.1 Å². The summed E-state index contributed by atoms with van der Waals surface area (Å²) in [6, 6.07) is 7.29. The van der Waals surface area contributed by atoms with Crippen LogP contribution in [-0.4, -0.2) is 50.9 Å². The van der Waals surface area contributed by atoms with Gasteiger partial charge in [-0.3, -0.25) is 9.52 Å². The van der Waals surface area contributed by atoms with Crippen LogP contribution in [0.4, 0.5) is 11.4 Å². The molecule has 0 bridgehead atoms. The minimum Gasteiger partial charge on any atom is -0.392 e. The Labute approximate surface area is 173 Å². The van der Waals surface area contributed by atoms with Crippen LogP contribution in [0.1, 0.15) is 46.0 Å². The standard InChI is InChI=1S/C21H33N3O4S/c1-16(2)20(26)21(10-11-21)15-22-19(25)14-29(27,28)23-17-6-8-18(9-7-17)24-12-4-3-5-13-24/h6-9,16,20,23,26H,3-5,10-15H2,1-2H3,(H,22,25)/t20-/m1/s1. The van der Waals surface area contributed by atoms with Crippen molar-refractivity contribution in [1.82, 2.24) is 5.32 Å². The summed E-state index contributed by atoms with van der Waals surface area (Å²) in [7, 11) is -3.79. The maximum Gasteiger partial charge on any atom is 0.241 e. The van der Waals surface area contributed by atoms with Gasteiger partial charge in [0.2, 0.25) is 15.9 Å². The quantitative estimate of drug-likeness (QED) is 0.566. The van der Waals surface area contributed by atoms with Gasteiger partial charge in [0.1, 0.15) is 5.75 Å². The first-order valence-electron chi connectivity index (χ1n) is 10.5. The highest BCUT2D eigenvalue weighted by atomic mass is 32.2. The van der Waals surface area contributed by atoms with Gasteiger partial charge in [-0.15, -0.1) is 0 Å². The van der Waals surface area contributed by atoms with Crippen LogP contribution in [0.2, 0.25) is 0 Å². The number of anilines is 2. The normalized spacial score (nSPS) is 19.7. The predicted molar refractivity (Wildman–Crippen MR) is 115 cm³/mol. The smallest absolute Gasteiger partial charge is 0.241 e. The summed E-state index contributed by atoms with van der Waals surface area (Å²) in [5.74, 6) is -1.08. The second-order valence-corrected chi connectivity index (χ2v) is 10.5. The summed E-state index contributed by atoms with van der Waals surface area (Å²) in [5, 5.41) is 13.0. The van der Waals surface area contributed by atoms with Gasteiger partial charge in [-0.25, -0.2) is 8.42 Å². The van der Waals surface area contributed by atoms with Crippen LogP contribution in [0, 0.1) is 11.3 Å². The lowest BCUT2D eigenvalue weighted by molar-refractivity contribution is -0.119. The summed E-state index contributed by atoms with van der Waals surface area (Å²) in [6.45, 7) is 6.25. The van der Waals surface area contributed by atoms with Crippen molar-refractivity contribution < 1.29 is 18.3 Å². The molecule has 8 heteroatoms. The molecule has 3 rings (SSSR count). The monoisotopic (exact) mass is 423 g/mol. The van der Waals surface area contributed by atoms with Gasteiger partial charge in [0.05, 0.1) is 6.10 Å². The average Bonchev–Trinajstić information content (AvgIpc) is 3.47. The molecular formula is C21H33N3O4S. The highest BCUT2D eigenvalue weighted by Gasteiger charge is 2.49. The molecule has 0 spiro atoms. The number of benzene rings is 1. The summed E-state index contributed by atoms with van der Waals surface area (Å²) in [5.41, 5.74) is 1.24. The molecule has 0 unspecified atom stereocenters. The molecular weight excluding hydrogens is 390 g/mol. The zero-order valence-electron chi connectivity index (χ0n) is 17.4. The molecule has 2 aliphatic rings. The molecule has 1 aromatic carbocycles. The van der Waals surface area contributed by atoms with Gasteiger partial charge < -0.3 is 15.3 Å². The van der Waals surface area contributed by atoms with Gasteiger partial charge in [-0.05, 0) is 62.3 Å². The summed E-state index contributed by atoms with van der Waals surface area (Å²) < 4.78 is 27.2. The van der Waals surface area contributed by atoms with E-state index in [4.69, 9.17) is 0 Å². The summed E-state index contributed by atoms with van der Waals surface area (Å²) in [4.78, 5) is 14.5. The van der Waals surface area contributed by atoms with Crippen molar-refractivity contribution in [2.24, 2.45) is 11.3 Å². The minimum atomic E-state index is -3.79. The fourth-order valence-corrected chi connectivity index (χ4v) is 5.07. The maximum atomic E-state index is 12.3. The lowest BCUT2D eigenvalue weighted by atomic mass is 9.90. The van der Waals surface area contributed by atoms with Gasteiger partial charge in [0, 0.05) is 36.4 Å². The number of rotatable bonds is 9. The first kappa shape index (κ1) is 21.9. The molecule has 1 saturated heterocycles. The number of piperidine rings is 1. The van der Waals surface area contributed by atoms with Crippen LogP contribution in [0.5, 0.6) is 0 Å². The number of hydrogen-bond donors (Lipinski definition) is 3. The number of amides is 1. The molecule has 0 radical (unpaired) electrons. The van der Waals surface area contributed by atoms with Crippen molar-refractivity contribution in [2.45, 2.75) is 52.1 Å². The Morgan fingerprint density at radius 3 is 2.31 bits per heavy atom. The molecule has 29 heavy (non-hydrogen) atoms. The third-order valence-electron chi connectivity index (χ3n) is 5.97. The van der Waals surface area contributed by atoms with Crippen LogP contribution >= 0.6 is 0 Å². The Bertz CT molecular complexity index is 798. The van der Waals surface area contributed by atoms with Gasteiger partial charge in [-0.2, -0.15) is 0 Å².